The molecular weight excluding hydrogens is 535 g/mol. The molecule has 0 radical (unpaired) electrons. The van der Waals surface area contributed by atoms with Crippen LogP contribution in [0, 0.1) is 3.57 Å². The number of rotatable bonds is 10. The maximum atomic E-state index is 13.2. The van der Waals surface area contributed by atoms with Crippen LogP contribution in [-0.2, 0) is 6.54 Å². The summed E-state index contributed by atoms with van der Waals surface area (Å²) in [6.07, 6.45) is 15.8. The summed E-state index contributed by atoms with van der Waals surface area (Å²) in [5, 5.41) is 3.25. The number of unbranched alkanes of at least 4 members (excludes halogenated alkanes) is 4. The highest BCUT2D eigenvalue weighted by Crippen LogP contribution is 2.36. The van der Waals surface area contributed by atoms with Crippen LogP contribution in [0.1, 0.15) is 82.6 Å². The number of carbonyl (C=O) groups is 1. The minimum absolute atomic E-state index is 0.0757. The van der Waals surface area contributed by atoms with Crippen LogP contribution in [0.4, 0.5) is 4.79 Å². The molecule has 5 nitrogen and oxygen atoms in total. The molecule has 1 N–H and O–H groups in total. The maximum Gasteiger partial charge on any atom is 0.323 e. The Kier molecular flexibility index (Phi) is 9.46. The van der Waals surface area contributed by atoms with Gasteiger partial charge in [-0.3, -0.25) is 15.2 Å². The second-order valence-electron chi connectivity index (χ2n) is 10.3. The van der Waals surface area contributed by atoms with E-state index >= 15 is 0 Å². The normalized spacial score (nSPS) is 22.4. The minimum Gasteiger partial charge on any atom is -0.312 e. The van der Waals surface area contributed by atoms with Gasteiger partial charge in [0.15, 0.2) is 0 Å². The van der Waals surface area contributed by atoms with E-state index < -0.39 is 0 Å². The summed E-state index contributed by atoms with van der Waals surface area (Å²) in [5.41, 5.74) is 1.13. The van der Waals surface area contributed by atoms with Crippen molar-refractivity contribution in [1.29, 1.82) is 0 Å². The molecule has 2 aliphatic heterocycles. The third-order valence-corrected chi connectivity index (χ3v) is 8.50. The first-order chi connectivity index (χ1) is 16.6. The average Bonchev–Trinajstić information content (AvgIpc) is 3.08. The summed E-state index contributed by atoms with van der Waals surface area (Å²) in [4.78, 5) is 23.1. The summed E-state index contributed by atoms with van der Waals surface area (Å²) < 4.78 is 1.29. The topological polar surface area (TPSA) is 47.9 Å². The highest BCUT2D eigenvalue weighted by Gasteiger charge is 2.52. The smallest absolute Gasteiger partial charge is 0.312 e. The molecule has 3 aliphatic rings. The van der Waals surface area contributed by atoms with Crippen LogP contribution in [0.15, 0.2) is 41.9 Å². The Balaban J connectivity index is 1.44. The van der Waals surface area contributed by atoms with E-state index in [-0.39, 0.29) is 11.6 Å². The van der Waals surface area contributed by atoms with Gasteiger partial charge in [-0.25, -0.2) is 4.79 Å². The summed E-state index contributed by atoms with van der Waals surface area (Å²) in [6.45, 7) is 7.64. The van der Waals surface area contributed by atoms with E-state index in [2.05, 4.69) is 68.6 Å². The highest BCUT2D eigenvalue weighted by molar-refractivity contribution is 14.1. The lowest BCUT2D eigenvalue weighted by Crippen LogP contribution is -2.56. The second-order valence-corrected chi connectivity index (χ2v) is 11.5. The maximum absolute atomic E-state index is 13.2. The number of benzene rings is 1. The Hall–Kier alpha value is -1.41. The second kappa shape index (κ2) is 12.5. The zero-order valence-corrected chi connectivity index (χ0v) is 22.8. The lowest BCUT2D eigenvalue weighted by molar-refractivity contribution is 0.0983. The SMILES string of the molecule is C=CCCCCCCN1C(=O)NC(=NC2CCCCC2)C12CCN(Cc1cccc(I)c1)CC2. The van der Waals surface area contributed by atoms with Gasteiger partial charge in [0.2, 0.25) is 0 Å². The number of amides is 2. The third-order valence-electron chi connectivity index (χ3n) is 7.83. The van der Waals surface area contributed by atoms with Crippen molar-refractivity contribution in [1.82, 2.24) is 15.1 Å². The van der Waals surface area contributed by atoms with Gasteiger partial charge in [0.05, 0.1) is 6.04 Å². The fraction of sp³-hybridized carbons (Fsp3) is 0.643. The molecule has 2 saturated heterocycles. The molecule has 1 aromatic carbocycles. The van der Waals surface area contributed by atoms with Crippen LogP contribution in [-0.4, -0.2) is 52.9 Å². The lowest BCUT2D eigenvalue weighted by Gasteiger charge is -2.44. The van der Waals surface area contributed by atoms with Gasteiger partial charge in [0, 0.05) is 29.7 Å². The fourth-order valence-electron chi connectivity index (χ4n) is 5.86. The van der Waals surface area contributed by atoms with E-state index in [4.69, 9.17) is 4.99 Å². The molecule has 3 fully saturated rings. The molecule has 1 aliphatic carbocycles. The molecular formula is C28H41IN4O. The molecule has 0 atom stereocenters. The number of aliphatic imine (C=N–C) groups is 1. The number of likely N-dealkylation sites (tertiary alicyclic amines) is 1. The van der Waals surface area contributed by atoms with Crippen LogP contribution in [0.5, 0.6) is 0 Å². The van der Waals surface area contributed by atoms with E-state index in [0.29, 0.717) is 6.04 Å². The van der Waals surface area contributed by atoms with Crippen molar-refractivity contribution in [3.8, 4) is 0 Å². The summed E-state index contributed by atoms with van der Waals surface area (Å²) >= 11 is 2.39. The number of amidine groups is 1. The molecule has 0 bridgehead atoms. The van der Waals surface area contributed by atoms with Gasteiger partial charge in [0.1, 0.15) is 11.4 Å². The lowest BCUT2D eigenvalue weighted by atomic mass is 9.84. The number of piperidine rings is 1. The Labute approximate surface area is 219 Å². The monoisotopic (exact) mass is 576 g/mol. The highest BCUT2D eigenvalue weighted by atomic mass is 127. The predicted molar refractivity (Wildman–Crippen MR) is 149 cm³/mol. The largest absolute Gasteiger partial charge is 0.323 e. The molecule has 2 heterocycles. The van der Waals surface area contributed by atoms with E-state index in [0.717, 1.165) is 70.5 Å². The third kappa shape index (κ3) is 6.42. The number of halogens is 1. The van der Waals surface area contributed by atoms with Gasteiger partial charge in [-0.2, -0.15) is 0 Å². The first kappa shape index (κ1) is 25.7. The van der Waals surface area contributed by atoms with E-state index in [1.165, 1.54) is 47.7 Å². The number of allylic oxidation sites excluding steroid dienone is 1. The molecule has 0 aromatic heterocycles. The molecule has 34 heavy (non-hydrogen) atoms. The van der Waals surface area contributed by atoms with Crippen molar-refractivity contribution >= 4 is 34.5 Å². The Morgan fingerprint density at radius 1 is 1.12 bits per heavy atom. The first-order valence-corrected chi connectivity index (χ1v) is 14.4. The van der Waals surface area contributed by atoms with Crippen LogP contribution in [0.2, 0.25) is 0 Å². The first-order valence-electron chi connectivity index (χ1n) is 13.4. The number of hydrogen-bond acceptors (Lipinski definition) is 3. The quantitative estimate of drug-likeness (QED) is 0.196. The molecule has 2 amide bonds. The standard InChI is InChI=1S/C28H41IN4O/c1-2-3-4-5-6-10-18-33-27(34)31-26(30-25-14-8-7-9-15-25)28(33)16-19-32(20-17-28)22-23-12-11-13-24(29)21-23/h2,11-13,21,25H,1,3-10,14-20,22H2,(H,30,31,34). The van der Waals surface area contributed by atoms with Crippen LogP contribution < -0.4 is 5.32 Å². The van der Waals surface area contributed by atoms with Crippen molar-refractivity contribution in [3.05, 3.63) is 46.1 Å². The van der Waals surface area contributed by atoms with Crippen LogP contribution in [0.3, 0.4) is 0 Å². The van der Waals surface area contributed by atoms with Crippen LogP contribution in [0.25, 0.3) is 0 Å². The van der Waals surface area contributed by atoms with Crippen molar-refractivity contribution in [2.24, 2.45) is 4.99 Å². The molecule has 1 spiro atoms. The Bertz CT molecular complexity index is 856. The number of nitrogens with one attached hydrogen (secondary N) is 1. The van der Waals surface area contributed by atoms with Crippen molar-refractivity contribution in [3.63, 3.8) is 0 Å². The van der Waals surface area contributed by atoms with Gasteiger partial charge in [-0.15, -0.1) is 6.58 Å². The molecule has 1 aromatic rings. The summed E-state index contributed by atoms with van der Waals surface area (Å²) in [5.74, 6) is 0.977. The Morgan fingerprint density at radius 3 is 2.62 bits per heavy atom. The van der Waals surface area contributed by atoms with Gasteiger partial charge in [-0.1, -0.05) is 50.3 Å². The Morgan fingerprint density at radius 2 is 1.88 bits per heavy atom. The van der Waals surface area contributed by atoms with E-state index in [9.17, 15) is 4.79 Å². The zero-order chi connectivity index (χ0) is 23.8. The van der Waals surface area contributed by atoms with Crippen molar-refractivity contribution in [2.75, 3.05) is 19.6 Å². The van der Waals surface area contributed by atoms with Gasteiger partial charge in [-0.05, 0) is 85.2 Å². The summed E-state index contributed by atoms with van der Waals surface area (Å²) in [7, 11) is 0. The van der Waals surface area contributed by atoms with E-state index in [1.54, 1.807) is 0 Å². The van der Waals surface area contributed by atoms with E-state index in [1.807, 2.05) is 6.08 Å². The molecule has 186 valence electrons. The van der Waals surface area contributed by atoms with Gasteiger partial charge in [0.25, 0.3) is 0 Å². The number of carbonyl (C=O) groups excluding carboxylic acids is 1. The zero-order valence-electron chi connectivity index (χ0n) is 20.6. The van der Waals surface area contributed by atoms with Crippen molar-refractivity contribution < 1.29 is 4.79 Å². The summed E-state index contributed by atoms with van der Waals surface area (Å²) in [6, 6.07) is 9.25. The minimum atomic E-state index is -0.239. The van der Waals surface area contributed by atoms with Gasteiger partial charge >= 0.3 is 6.03 Å². The number of nitrogens with zero attached hydrogens (tertiary/aromatic N) is 3. The van der Waals surface area contributed by atoms with Crippen LogP contribution >= 0.6 is 22.6 Å². The molecule has 4 rings (SSSR count). The molecule has 0 unspecified atom stereocenters. The fourth-order valence-corrected chi connectivity index (χ4v) is 6.47. The molecule has 1 saturated carbocycles. The van der Waals surface area contributed by atoms with Crippen molar-refractivity contribution in [2.45, 2.75) is 95.2 Å². The predicted octanol–water partition coefficient (Wildman–Crippen LogP) is 6.52. The average molecular weight is 577 g/mol. The molecule has 6 heteroatoms. The number of urea groups is 1. The number of hydrogen-bond donors (Lipinski definition) is 1. The van der Waals surface area contributed by atoms with Gasteiger partial charge < -0.3 is 4.90 Å².